The molecular formula is C7H14F3NO. The summed E-state index contributed by atoms with van der Waals surface area (Å²) in [7, 11) is 0. The van der Waals surface area contributed by atoms with Crippen LogP contribution in [0.4, 0.5) is 13.2 Å². The smallest absolute Gasteiger partial charge is 0.389 e. The van der Waals surface area contributed by atoms with Gasteiger partial charge in [0.25, 0.3) is 0 Å². The van der Waals surface area contributed by atoms with E-state index in [0.717, 1.165) is 0 Å². The van der Waals surface area contributed by atoms with Crippen LogP contribution in [0.25, 0.3) is 0 Å². The summed E-state index contributed by atoms with van der Waals surface area (Å²) in [6.45, 7) is 1.24. The van der Waals surface area contributed by atoms with Crippen molar-refractivity contribution >= 4 is 0 Å². The Kier molecular flexibility index (Phi) is 3.99. The molecule has 0 aromatic rings. The molecule has 0 radical (unpaired) electrons. The van der Waals surface area contributed by atoms with Crippen molar-refractivity contribution in [3.63, 3.8) is 0 Å². The highest BCUT2D eigenvalue weighted by Gasteiger charge is 2.28. The molecular weight excluding hydrogens is 171 g/mol. The standard InChI is InChI=1S/C7H14F3NO/c1-6(11,5-12)3-2-4-7(8,9)10/h12H,2-5,11H2,1H3. The van der Waals surface area contributed by atoms with E-state index < -0.39 is 18.1 Å². The minimum absolute atomic E-state index is 0.0307. The number of aliphatic hydroxyl groups is 1. The maximum atomic E-state index is 11.6. The van der Waals surface area contributed by atoms with Crippen LogP contribution < -0.4 is 5.73 Å². The third-order valence-corrected chi connectivity index (χ3v) is 1.57. The average molecular weight is 185 g/mol. The third kappa shape index (κ3) is 6.42. The Morgan fingerprint density at radius 2 is 1.75 bits per heavy atom. The van der Waals surface area contributed by atoms with Crippen LogP contribution in [0.15, 0.2) is 0 Å². The molecule has 0 saturated carbocycles. The Hall–Kier alpha value is -0.290. The van der Waals surface area contributed by atoms with Gasteiger partial charge in [0.1, 0.15) is 0 Å². The molecule has 12 heavy (non-hydrogen) atoms. The van der Waals surface area contributed by atoms with Crippen LogP contribution in [0.2, 0.25) is 0 Å². The Labute approximate surface area is 69.6 Å². The van der Waals surface area contributed by atoms with Gasteiger partial charge in [0, 0.05) is 12.0 Å². The maximum Gasteiger partial charge on any atom is 0.389 e. The molecule has 74 valence electrons. The summed E-state index contributed by atoms with van der Waals surface area (Å²) in [6, 6.07) is 0. The molecule has 0 aromatic carbocycles. The highest BCUT2D eigenvalue weighted by molar-refractivity contribution is 4.77. The van der Waals surface area contributed by atoms with Crippen LogP contribution in [-0.2, 0) is 0 Å². The molecule has 0 rings (SSSR count). The lowest BCUT2D eigenvalue weighted by Crippen LogP contribution is -2.40. The Morgan fingerprint density at radius 3 is 2.08 bits per heavy atom. The molecule has 0 heterocycles. The fraction of sp³-hybridized carbons (Fsp3) is 1.00. The van der Waals surface area contributed by atoms with E-state index in [1.54, 1.807) is 0 Å². The van der Waals surface area contributed by atoms with Gasteiger partial charge in [-0.15, -0.1) is 0 Å². The SMILES string of the molecule is CC(N)(CO)CCCC(F)(F)F. The number of alkyl halides is 3. The zero-order valence-electron chi connectivity index (χ0n) is 6.99. The largest absolute Gasteiger partial charge is 0.394 e. The molecule has 0 aromatic heterocycles. The van der Waals surface area contributed by atoms with Crippen LogP contribution in [0.5, 0.6) is 0 Å². The van der Waals surface area contributed by atoms with Crippen LogP contribution >= 0.6 is 0 Å². The van der Waals surface area contributed by atoms with Crippen molar-refractivity contribution in [1.82, 2.24) is 0 Å². The molecule has 0 fully saturated rings. The topological polar surface area (TPSA) is 46.2 Å². The normalized spacial score (nSPS) is 17.5. The quantitative estimate of drug-likeness (QED) is 0.696. The first-order chi connectivity index (χ1) is 5.27. The van der Waals surface area contributed by atoms with Gasteiger partial charge >= 0.3 is 6.18 Å². The van der Waals surface area contributed by atoms with Gasteiger partial charge in [0.2, 0.25) is 0 Å². The summed E-state index contributed by atoms with van der Waals surface area (Å²) in [6.07, 6.45) is -4.80. The van der Waals surface area contributed by atoms with Gasteiger partial charge in [-0.25, -0.2) is 0 Å². The molecule has 0 bridgehead atoms. The molecule has 0 aliphatic carbocycles. The predicted octanol–water partition coefficient (Wildman–Crippen LogP) is 1.43. The molecule has 1 unspecified atom stereocenters. The van der Waals surface area contributed by atoms with E-state index in [-0.39, 0.29) is 19.4 Å². The van der Waals surface area contributed by atoms with Gasteiger partial charge in [0.15, 0.2) is 0 Å². The molecule has 5 heteroatoms. The molecule has 0 aliphatic heterocycles. The second kappa shape index (κ2) is 4.09. The molecule has 2 nitrogen and oxygen atoms in total. The summed E-state index contributed by atoms with van der Waals surface area (Å²) in [5.41, 5.74) is 4.54. The van der Waals surface area contributed by atoms with E-state index >= 15 is 0 Å². The van der Waals surface area contributed by atoms with Crippen molar-refractivity contribution in [1.29, 1.82) is 0 Å². The van der Waals surface area contributed by atoms with E-state index in [4.69, 9.17) is 10.8 Å². The summed E-state index contributed by atoms with van der Waals surface area (Å²) in [4.78, 5) is 0. The zero-order chi connectivity index (χ0) is 9.83. The Morgan fingerprint density at radius 1 is 1.25 bits per heavy atom. The second-order valence-corrected chi connectivity index (χ2v) is 3.28. The summed E-state index contributed by atoms with van der Waals surface area (Å²) in [5.74, 6) is 0. The van der Waals surface area contributed by atoms with E-state index in [9.17, 15) is 13.2 Å². The first-order valence-corrected chi connectivity index (χ1v) is 3.73. The lowest BCUT2D eigenvalue weighted by molar-refractivity contribution is -0.136. The average Bonchev–Trinajstić information content (AvgIpc) is 1.84. The predicted molar refractivity (Wildman–Crippen MR) is 39.6 cm³/mol. The summed E-state index contributed by atoms with van der Waals surface area (Å²) >= 11 is 0. The second-order valence-electron chi connectivity index (χ2n) is 3.28. The van der Waals surface area contributed by atoms with Gasteiger partial charge in [-0.1, -0.05) is 0 Å². The fourth-order valence-corrected chi connectivity index (χ4v) is 0.772. The first kappa shape index (κ1) is 11.7. The number of nitrogens with two attached hydrogens (primary N) is 1. The van der Waals surface area contributed by atoms with Crippen molar-refractivity contribution in [2.45, 2.75) is 37.9 Å². The van der Waals surface area contributed by atoms with Gasteiger partial charge in [-0.2, -0.15) is 13.2 Å². The molecule has 0 spiro atoms. The summed E-state index contributed by atoms with van der Waals surface area (Å²) < 4.78 is 34.9. The van der Waals surface area contributed by atoms with Crippen LogP contribution in [0, 0.1) is 0 Å². The lowest BCUT2D eigenvalue weighted by atomic mass is 9.97. The maximum absolute atomic E-state index is 11.6. The van der Waals surface area contributed by atoms with Crippen LogP contribution in [0.1, 0.15) is 26.2 Å². The fourth-order valence-electron chi connectivity index (χ4n) is 0.772. The van der Waals surface area contributed by atoms with Gasteiger partial charge in [-0.05, 0) is 19.8 Å². The lowest BCUT2D eigenvalue weighted by Gasteiger charge is -2.21. The third-order valence-electron chi connectivity index (χ3n) is 1.57. The number of rotatable bonds is 4. The Bertz CT molecular complexity index is 133. The number of hydrogen-bond acceptors (Lipinski definition) is 2. The minimum atomic E-state index is -4.12. The van der Waals surface area contributed by atoms with Gasteiger partial charge in [-0.3, -0.25) is 0 Å². The van der Waals surface area contributed by atoms with Crippen molar-refractivity contribution in [3.05, 3.63) is 0 Å². The molecule has 0 aliphatic rings. The zero-order valence-corrected chi connectivity index (χ0v) is 6.99. The van der Waals surface area contributed by atoms with E-state index in [2.05, 4.69) is 0 Å². The van der Waals surface area contributed by atoms with Gasteiger partial charge in [0.05, 0.1) is 6.61 Å². The Balaban J connectivity index is 3.57. The van der Waals surface area contributed by atoms with Crippen LogP contribution in [-0.4, -0.2) is 23.4 Å². The molecule has 0 saturated heterocycles. The molecule has 3 N–H and O–H groups in total. The highest BCUT2D eigenvalue weighted by Crippen LogP contribution is 2.23. The van der Waals surface area contributed by atoms with Crippen molar-refractivity contribution in [2.75, 3.05) is 6.61 Å². The summed E-state index contributed by atoms with van der Waals surface area (Å²) in [5, 5.41) is 8.62. The first-order valence-electron chi connectivity index (χ1n) is 3.73. The van der Waals surface area contributed by atoms with E-state index in [1.807, 2.05) is 0 Å². The number of halogens is 3. The van der Waals surface area contributed by atoms with Crippen molar-refractivity contribution < 1.29 is 18.3 Å². The molecule has 1 atom stereocenters. The van der Waals surface area contributed by atoms with Crippen LogP contribution in [0.3, 0.4) is 0 Å². The highest BCUT2D eigenvalue weighted by atomic mass is 19.4. The number of aliphatic hydroxyl groups excluding tert-OH is 1. The van der Waals surface area contributed by atoms with E-state index in [0.29, 0.717) is 0 Å². The number of hydrogen-bond donors (Lipinski definition) is 2. The van der Waals surface area contributed by atoms with E-state index in [1.165, 1.54) is 6.92 Å². The molecule has 0 amide bonds. The minimum Gasteiger partial charge on any atom is -0.394 e. The van der Waals surface area contributed by atoms with Crippen molar-refractivity contribution in [3.8, 4) is 0 Å². The van der Waals surface area contributed by atoms with Crippen molar-refractivity contribution in [2.24, 2.45) is 5.73 Å². The monoisotopic (exact) mass is 185 g/mol. The van der Waals surface area contributed by atoms with Gasteiger partial charge < -0.3 is 10.8 Å².